The second kappa shape index (κ2) is 16.7. The van der Waals surface area contributed by atoms with Gasteiger partial charge in [0.15, 0.2) is 18.9 Å². The molecule has 0 aromatic rings. The van der Waals surface area contributed by atoms with E-state index in [9.17, 15) is 46.0 Å². The van der Waals surface area contributed by atoms with E-state index in [0.29, 0.717) is 12.8 Å². The van der Waals surface area contributed by atoms with E-state index >= 15 is 0 Å². The molecular formula is C29H51N7O16. The van der Waals surface area contributed by atoms with Gasteiger partial charge in [-0.25, -0.2) is 0 Å². The predicted octanol–water partition coefficient (Wildman–Crippen LogP) is -7.29. The van der Waals surface area contributed by atoms with Crippen molar-refractivity contribution in [2.75, 3.05) is 26.3 Å². The summed E-state index contributed by atoms with van der Waals surface area (Å²) >= 11 is 0. The molecule has 5 aliphatic heterocycles. The third-order valence-electron chi connectivity index (χ3n) is 11.0. The summed E-state index contributed by atoms with van der Waals surface area (Å²) in [5, 5.41) is 99.6. The van der Waals surface area contributed by atoms with E-state index in [2.05, 4.69) is 10.0 Å². The number of morpholine rings is 1. The number of aliphatic hydroxyl groups is 9. The Labute approximate surface area is 297 Å². The van der Waals surface area contributed by atoms with E-state index < -0.39 is 141 Å². The van der Waals surface area contributed by atoms with E-state index in [0.717, 1.165) is 0 Å². The van der Waals surface area contributed by atoms with Gasteiger partial charge in [-0.05, 0) is 18.4 Å². The van der Waals surface area contributed by atoms with Crippen LogP contribution in [0.1, 0.15) is 19.3 Å². The normalized spacial score (nSPS) is 52.8. The lowest BCUT2D eigenvalue weighted by atomic mass is 9.81. The maximum Gasteiger partial charge on any atom is 0.187 e. The molecule has 6 fully saturated rings. The highest BCUT2D eigenvalue weighted by Gasteiger charge is 2.61. The molecular weight excluding hydrogens is 702 g/mol. The number of ether oxygens (including phenoxy) is 7. The standard InChI is InChI=1S/C29H51N7O16/c30-4-12-24(52-29-22(44)21(43)19(41)14(7-38)50-29)20(42)15(32)27(49-12)51-25-13(5-34-35-33)47-26(23(25)45)36-16-10(39)3-8(6-37)46-28(16)48-11-2-1-9(31)18(40)17(11)36/h8-29,37-45H,1-7,30-32H2. The van der Waals surface area contributed by atoms with Crippen LogP contribution in [0.5, 0.6) is 0 Å². The minimum absolute atomic E-state index is 0.00253. The van der Waals surface area contributed by atoms with E-state index in [1.165, 1.54) is 0 Å². The summed E-state index contributed by atoms with van der Waals surface area (Å²) in [6, 6.07) is -4.01. The molecule has 5 heterocycles. The molecule has 0 amide bonds. The Morgan fingerprint density at radius 2 is 1.42 bits per heavy atom. The van der Waals surface area contributed by atoms with Crippen LogP contribution in [0.3, 0.4) is 0 Å². The predicted molar refractivity (Wildman–Crippen MR) is 168 cm³/mol. The van der Waals surface area contributed by atoms with Crippen LogP contribution in [0.15, 0.2) is 5.11 Å². The van der Waals surface area contributed by atoms with Crippen molar-refractivity contribution in [1.29, 1.82) is 0 Å². The number of azide groups is 1. The van der Waals surface area contributed by atoms with Crippen LogP contribution in [0, 0.1) is 0 Å². The maximum atomic E-state index is 11.9. The Bertz CT molecular complexity index is 1240. The minimum Gasteiger partial charge on any atom is -0.394 e. The van der Waals surface area contributed by atoms with Crippen molar-refractivity contribution in [2.45, 2.75) is 154 Å². The number of hydrogen-bond acceptors (Lipinski definition) is 21. The zero-order valence-electron chi connectivity index (χ0n) is 28.1. The van der Waals surface area contributed by atoms with Crippen molar-refractivity contribution in [3.63, 3.8) is 0 Å². The largest absolute Gasteiger partial charge is 0.394 e. The molecule has 23 heteroatoms. The van der Waals surface area contributed by atoms with Gasteiger partial charge in [-0.3, -0.25) is 4.90 Å². The molecule has 0 spiro atoms. The summed E-state index contributed by atoms with van der Waals surface area (Å²) < 4.78 is 41.8. The highest BCUT2D eigenvalue weighted by molar-refractivity contribution is 5.09. The molecule has 22 unspecified atom stereocenters. The monoisotopic (exact) mass is 753 g/mol. The fraction of sp³-hybridized carbons (Fsp3) is 1.00. The second-order valence-corrected chi connectivity index (χ2v) is 14.2. The topological polar surface area (TPSA) is 377 Å². The van der Waals surface area contributed by atoms with Crippen molar-refractivity contribution in [1.82, 2.24) is 4.90 Å². The molecule has 1 saturated carbocycles. The van der Waals surface area contributed by atoms with Gasteiger partial charge in [-0.1, -0.05) is 5.11 Å². The number of fused-ring (bicyclic) bond motifs is 2. The zero-order valence-corrected chi connectivity index (χ0v) is 28.1. The Balaban J connectivity index is 1.23. The maximum absolute atomic E-state index is 11.9. The average molecular weight is 754 g/mol. The van der Waals surface area contributed by atoms with Gasteiger partial charge >= 0.3 is 0 Å². The molecule has 23 nitrogen and oxygen atoms in total. The summed E-state index contributed by atoms with van der Waals surface area (Å²) in [6.45, 7) is -1.76. The van der Waals surface area contributed by atoms with E-state index in [1.54, 1.807) is 4.90 Å². The highest BCUT2D eigenvalue weighted by Crippen LogP contribution is 2.43. The van der Waals surface area contributed by atoms with Gasteiger partial charge < -0.3 is 96.3 Å². The molecule has 52 heavy (non-hydrogen) atoms. The van der Waals surface area contributed by atoms with Crippen molar-refractivity contribution >= 4 is 0 Å². The van der Waals surface area contributed by atoms with Gasteiger partial charge in [0.05, 0.1) is 68.4 Å². The third-order valence-corrected chi connectivity index (χ3v) is 11.0. The van der Waals surface area contributed by atoms with Gasteiger partial charge in [0.25, 0.3) is 0 Å². The number of hydrogen-bond donors (Lipinski definition) is 12. The Kier molecular flexibility index (Phi) is 12.9. The lowest BCUT2D eigenvalue weighted by Gasteiger charge is -2.58. The van der Waals surface area contributed by atoms with E-state index in [-0.39, 0.29) is 26.1 Å². The van der Waals surface area contributed by atoms with Crippen LogP contribution in [-0.2, 0) is 33.2 Å². The third kappa shape index (κ3) is 7.42. The fourth-order valence-electron chi connectivity index (χ4n) is 8.19. The van der Waals surface area contributed by atoms with Crippen LogP contribution in [0.4, 0.5) is 0 Å². The SMILES string of the molecule is [N-]=[N+]=NCC1OC(N2C3C(O)CC(CO)OC3OC3CCC(N)C(O)C32)C(O)C1OC1OC(CN)C(OC2OC(CO)C(O)C(O)C2O)C(O)C1N. The van der Waals surface area contributed by atoms with Gasteiger partial charge in [-0.15, -0.1) is 0 Å². The second-order valence-electron chi connectivity index (χ2n) is 14.2. The molecule has 6 rings (SSSR count). The molecule has 0 radical (unpaired) electrons. The molecule has 298 valence electrons. The summed E-state index contributed by atoms with van der Waals surface area (Å²) in [5.41, 5.74) is 27.7. The van der Waals surface area contributed by atoms with Gasteiger partial charge in [0.2, 0.25) is 0 Å². The number of nitrogens with two attached hydrogens (primary N) is 3. The molecule has 5 saturated heterocycles. The quantitative estimate of drug-likeness (QED) is 0.0560. The minimum atomic E-state index is -1.79. The molecule has 6 aliphatic rings. The van der Waals surface area contributed by atoms with Crippen molar-refractivity contribution < 1.29 is 79.1 Å². The van der Waals surface area contributed by atoms with Gasteiger partial charge in [0.1, 0.15) is 61.2 Å². The first kappa shape index (κ1) is 40.2. The zero-order chi connectivity index (χ0) is 37.6. The number of rotatable bonds is 10. The first-order chi connectivity index (χ1) is 24.8. The van der Waals surface area contributed by atoms with Crippen molar-refractivity contribution in [3.8, 4) is 0 Å². The van der Waals surface area contributed by atoms with Crippen LogP contribution in [0.2, 0.25) is 0 Å². The molecule has 15 N–H and O–H groups in total. The lowest BCUT2D eigenvalue weighted by Crippen LogP contribution is -2.75. The highest BCUT2D eigenvalue weighted by atomic mass is 16.7. The van der Waals surface area contributed by atoms with Crippen LogP contribution < -0.4 is 17.2 Å². The van der Waals surface area contributed by atoms with Gasteiger partial charge in [-0.2, -0.15) is 0 Å². The molecule has 0 aromatic heterocycles. The van der Waals surface area contributed by atoms with Gasteiger partial charge in [0, 0.05) is 23.9 Å². The Morgan fingerprint density at radius 3 is 2.10 bits per heavy atom. The van der Waals surface area contributed by atoms with Crippen LogP contribution >= 0.6 is 0 Å². The average Bonchev–Trinajstić information content (AvgIpc) is 3.44. The lowest BCUT2D eigenvalue weighted by molar-refractivity contribution is -0.348. The Morgan fingerprint density at radius 1 is 0.731 bits per heavy atom. The molecule has 0 aromatic carbocycles. The fourth-order valence-corrected chi connectivity index (χ4v) is 8.19. The molecule has 1 aliphatic carbocycles. The van der Waals surface area contributed by atoms with Crippen LogP contribution in [0.25, 0.3) is 10.4 Å². The van der Waals surface area contributed by atoms with Crippen LogP contribution in [-0.4, -0.2) is 212 Å². The Hall–Kier alpha value is -1.49. The first-order valence-corrected chi connectivity index (χ1v) is 17.4. The molecule has 0 bridgehead atoms. The number of aliphatic hydroxyl groups excluding tert-OH is 9. The van der Waals surface area contributed by atoms with E-state index in [4.69, 9.17) is 55.9 Å². The summed E-state index contributed by atoms with van der Waals surface area (Å²) in [4.78, 5) is 4.35. The van der Waals surface area contributed by atoms with E-state index in [1.807, 2.05) is 0 Å². The number of nitrogens with zero attached hydrogens (tertiary/aromatic N) is 4. The molecule has 22 atom stereocenters. The summed E-state index contributed by atoms with van der Waals surface area (Å²) in [7, 11) is 0. The summed E-state index contributed by atoms with van der Waals surface area (Å²) in [6.07, 6.45) is -23.4. The smallest absolute Gasteiger partial charge is 0.187 e. The first-order valence-electron chi connectivity index (χ1n) is 17.4. The van der Waals surface area contributed by atoms with Crippen molar-refractivity contribution in [2.24, 2.45) is 22.3 Å². The summed E-state index contributed by atoms with van der Waals surface area (Å²) in [5.74, 6) is 0. The van der Waals surface area contributed by atoms with Crippen molar-refractivity contribution in [3.05, 3.63) is 10.4 Å².